The van der Waals surface area contributed by atoms with Crippen molar-refractivity contribution in [1.82, 2.24) is 20.0 Å². The SMILES string of the molecule is NC(=O)CN1CCC(NC(=O)c2ccc(CN3CC4(CCN(Cc5ccc(C(F)(F)F)cc5)CC4)OC3=O)cc2)CC1. The standard InChI is InChI=1S/C30H36F3N5O4/c31-30(32,33)24-7-3-21(4-8-24)17-37-15-11-29(12-16-37)20-38(28(41)42-29)18-22-1-5-23(6-2-22)27(40)35-25-9-13-36(14-10-25)19-26(34)39/h1-8,25H,9-20H2,(H2,34,39)(H,35,40). The molecule has 9 nitrogen and oxygen atoms in total. The van der Waals surface area contributed by atoms with Gasteiger partial charge in [0.15, 0.2) is 0 Å². The Bertz CT molecular complexity index is 1270. The molecule has 1 spiro atoms. The number of hydrogen-bond acceptors (Lipinski definition) is 6. The fourth-order valence-corrected chi connectivity index (χ4v) is 5.96. The van der Waals surface area contributed by atoms with Crippen LogP contribution in [-0.4, -0.2) is 83.5 Å². The molecule has 3 aliphatic rings. The maximum atomic E-state index is 12.8. The summed E-state index contributed by atoms with van der Waals surface area (Å²) in [6.07, 6.45) is -1.91. The second kappa shape index (κ2) is 12.3. The highest BCUT2D eigenvalue weighted by Gasteiger charge is 2.46. The molecule has 226 valence electrons. The zero-order valence-corrected chi connectivity index (χ0v) is 23.4. The van der Waals surface area contributed by atoms with Gasteiger partial charge in [0.2, 0.25) is 5.91 Å². The molecule has 0 bridgehead atoms. The van der Waals surface area contributed by atoms with Crippen LogP contribution < -0.4 is 11.1 Å². The lowest BCUT2D eigenvalue weighted by atomic mass is 9.91. The van der Waals surface area contributed by atoms with Crippen molar-refractivity contribution in [3.05, 3.63) is 70.8 Å². The number of alkyl halides is 3. The molecule has 0 saturated carbocycles. The first-order valence-electron chi connectivity index (χ1n) is 14.2. The number of likely N-dealkylation sites (tertiary alicyclic amines) is 2. The van der Waals surface area contributed by atoms with Crippen LogP contribution in [0.2, 0.25) is 0 Å². The minimum atomic E-state index is -4.35. The van der Waals surface area contributed by atoms with Crippen LogP contribution in [0.1, 0.15) is 52.7 Å². The van der Waals surface area contributed by atoms with Gasteiger partial charge in [-0.15, -0.1) is 0 Å². The normalized spacial score (nSPS) is 20.1. The Labute approximate surface area is 242 Å². The van der Waals surface area contributed by atoms with Gasteiger partial charge in [-0.05, 0) is 48.2 Å². The van der Waals surface area contributed by atoms with Gasteiger partial charge in [-0.25, -0.2) is 4.79 Å². The van der Waals surface area contributed by atoms with E-state index in [0.29, 0.717) is 64.2 Å². The molecular weight excluding hydrogens is 551 g/mol. The predicted octanol–water partition coefficient (Wildman–Crippen LogP) is 3.37. The molecular formula is C30H36F3N5O4. The van der Waals surface area contributed by atoms with E-state index in [1.165, 1.54) is 12.1 Å². The van der Waals surface area contributed by atoms with E-state index in [1.807, 2.05) is 17.0 Å². The van der Waals surface area contributed by atoms with Gasteiger partial charge in [0.25, 0.3) is 5.91 Å². The summed E-state index contributed by atoms with van der Waals surface area (Å²) in [5.41, 5.74) is 6.27. The number of piperidine rings is 2. The topological polar surface area (TPSA) is 108 Å². The Kier molecular flexibility index (Phi) is 8.74. The molecule has 3 heterocycles. The summed E-state index contributed by atoms with van der Waals surface area (Å²) >= 11 is 0. The highest BCUT2D eigenvalue weighted by atomic mass is 19.4. The van der Waals surface area contributed by atoms with E-state index >= 15 is 0 Å². The Morgan fingerprint density at radius 1 is 0.905 bits per heavy atom. The third kappa shape index (κ3) is 7.40. The van der Waals surface area contributed by atoms with Crippen molar-refractivity contribution in [2.75, 3.05) is 39.3 Å². The summed E-state index contributed by atoms with van der Waals surface area (Å²) < 4.78 is 44.3. The van der Waals surface area contributed by atoms with Crippen molar-refractivity contribution < 1.29 is 32.3 Å². The van der Waals surface area contributed by atoms with Crippen molar-refractivity contribution in [1.29, 1.82) is 0 Å². The lowest BCUT2D eigenvalue weighted by Crippen LogP contribution is -2.46. The second-order valence-corrected chi connectivity index (χ2v) is 11.6. The number of halogens is 3. The minimum absolute atomic E-state index is 0.0400. The fourth-order valence-electron chi connectivity index (χ4n) is 5.96. The summed E-state index contributed by atoms with van der Waals surface area (Å²) in [7, 11) is 0. The van der Waals surface area contributed by atoms with Crippen LogP contribution in [-0.2, 0) is 28.8 Å². The van der Waals surface area contributed by atoms with Gasteiger partial charge in [0.05, 0.1) is 18.7 Å². The number of hydrogen-bond donors (Lipinski definition) is 2. The quantitative estimate of drug-likeness (QED) is 0.491. The predicted molar refractivity (Wildman–Crippen MR) is 148 cm³/mol. The molecule has 0 unspecified atom stereocenters. The van der Waals surface area contributed by atoms with Crippen LogP contribution in [0, 0.1) is 0 Å². The highest BCUT2D eigenvalue weighted by Crippen LogP contribution is 2.35. The molecule has 0 radical (unpaired) electrons. The van der Waals surface area contributed by atoms with E-state index in [2.05, 4.69) is 10.2 Å². The summed E-state index contributed by atoms with van der Waals surface area (Å²) in [5, 5.41) is 3.06. The Balaban J connectivity index is 1.07. The first-order chi connectivity index (χ1) is 20.0. The van der Waals surface area contributed by atoms with Crippen molar-refractivity contribution in [3.63, 3.8) is 0 Å². The smallest absolute Gasteiger partial charge is 0.416 e. The molecule has 12 heteroatoms. The van der Waals surface area contributed by atoms with Gasteiger partial charge in [0, 0.05) is 63.7 Å². The van der Waals surface area contributed by atoms with Gasteiger partial charge in [0.1, 0.15) is 5.60 Å². The van der Waals surface area contributed by atoms with Crippen molar-refractivity contribution >= 4 is 17.9 Å². The summed E-state index contributed by atoms with van der Waals surface area (Å²) in [6, 6.07) is 12.5. The maximum absolute atomic E-state index is 12.8. The average Bonchev–Trinajstić information content (AvgIpc) is 3.25. The van der Waals surface area contributed by atoms with E-state index in [9.17, 15) is 27.6 Å². The monoisotopic (exact) mass is 587 g/mol. The van der Waals surface area contributed by atoms with Gasteiger partial charge >= 0.3 is 12.3 Å². The molecule has 0 aliphatic carbocycles. The number of amides is 3. The number of ether oxygens (including phenoxy) is 1. The number of nitrogens with one attached hydrogen (secondary N) is 1. The van der Waals surface area contributed by atoms with Crippen LogP contribution in [0.25, 0.3) is 0 Å². The molecule has 42 heavy (non-hydrogen) atoms. The zero-order chi connectivity index (χ0) is 29.9. The maximum Gasteiger partial charge on any atom is 0.416 e. The van der Waals surface area contributed by atoms with Crippen molar-refractivity contribution in [3.8, 4) is 0 Å². The summed E-state index contributed by atoms with van der Waals surface area (Å²) in [4.78, 5) is 42.4. The first-order valence-corrected chi connectivity index (χ1v) is 14.2. The van der Waals surface area contributed by atoms with Crippen LogP contribution in [0.5, 0.6) is 0 Å². The number of primary amides is 1. The number of nitrogens with two attached hydrogens (primary N) is 1. The Morgan fingerprint density at radius 2 is 1.50 bits per heavy atom. The largest absolute Gasteiger partial charge is 0.441 e. The average molecular weight is 588 g/mol. The summed E-state index contributed by atoms with van der Waals surface area (Å²) in [5.74, 6) is -0.507. The number of carbonyl (C=O) groups excluding carboxylic acids is 3. The van der Waals surface area contributed by atoms with E-state index in [-0.39, 0.29) is 30.5 Å². The third-order valence-electron chi connectivity index (χ3n) is 8.39. The highest BCUT2D eigenvalue weighted by molar-refractivity contribution is 5.94. The van der Waals surface area contributed by atoms with Crippen LogP contribution in [0.3, 0.4) is 0 Å². The second-order valence-electron chi connectivity index (χ2n) is 11.6. The third-order valence-corrected chi connectivity index (χ3v) is 8.39. The molecule has 0 aromatic heterocycles. The number of nitrogens with zero attached hydrogens (tertiary/aromatic N) is 3. The minimum Gasteiger partial charge on any atom is -0.441 e. The van der Waals surface area contributed by atoms with Crippen molar-refractivity contribution in [2.24, 2.45) is 5.73 Å². The van der Waals surface area contributed by atoms with E-state index < -0.39 is 17.3 Å². The number of benzene rings is 2. The molecule has 5 rings (SSSR count). The number of carbonyl (C=O) groups is 3. The first kappa shape index (κ1) is 29.8. The Morgan fingerprint density at radius 3 is 2.10 bits per heavy atom. The molecule has 3 N–H and O–H groups in total. The van der Waals surface area contributed by atoms with E-state index in [1.54, 1.807) is 17.0 Å². The van der Waals surface area contributed by atoms with E-state index in [4.69, 9.17) is 10.5 Å². The van der Waals surface area contributed by atoms with Gasteiger partial charge in [-0.1, -0.05) is 24.3 Å². The van der Waals surface area contributed by atoms with Gasteiger partial charge in [-0.2, -0.15) is 13.2 Å². The molecule has 3 amide bonds. The Hall–Kier alpha value is -3.64. The van der Waals surface area contributed by atoms with Crippen LogP contribution in [0.4, 0.5) is 18.0 Å². The molecule has 3 saturated heterocycles. The molecule has 2 aromatic carbocycles. The zero-order valence-electron chi connectivity index (χ0n) is 23.4. The molecule has 3 aliphatic heterocycles. The van der Waals surface area contributed by atoms with E-state index in [0.717, 1.165) is 36.1 Å². The summed E-state index contributed by atoms with van der Waals surface area (Å²) in [6.45, 7) is 4.38. The van der Waals surface area contributed by atoms with Gasteiger partial charge < -0.3 is 15.8 Å². The lowest BCUT2D eigenvalue weighted by Gasteiger charge is -2.37. The number of rotatable bonds is 8. The fraction of sp³-hybridized carbons (Fsp3) is 0.500. The molecule has 0 atom stereocenters. The van der Waals surface area contributed by atoms with Crippen molar-refractivity contribution in [2.45, 2.75) is 56.6 Å². The molecule has 2 aromatic rings. The van der Waals surface area contributed by atoms with Crippen LogP contribution in [0.15, 0.2) is 48.5 Å². The van der Waals surface area contributed by atoms with Crippen LogP contribution >= 0.6 is 0 Å². The molecule has 3 fully saturated rings. The lowest BCUT2D eigenvalue weighted by molar-refractivity contribution is -0.137. The van der Waals surface area contributed by atoms with Gasteiger partial charge in [-0.3, -0.25) is 24.3 Å².